The first-order valence-corrected chi connectivity index (χ1v) is 12.2. The Morgan fingerprint density at radius 2 is 1.90 bits per heavy atom. The molecular formula is C27H44O2. The summed E-state index contributed by atoms with van der Waals surface area (Å²) in [6, 6.07) is 0. The van der Waals surface area contributed by atoms with E-state index in [9.17, 15) is 10.2 Å². The molecule has 2 N–H and O–H groups in total. The van der Waals surface area contributed by atoms with Crippen molar-refractivity contribution in [2.45, 2.75) is 104 Å². The van der Waals surface area contributed by atoms with E-state index in [1.807, 2.05) is 0 Å². The highest BCUT2D eigenvalue weighted by Crippen LogP contribution is 2.59. The average molecular weight is 401 g/mol. The summed E-state index contributed by atoms with van der Waals surface area (Å²) in [4.78, 5) is 0. The summed E-state index contributed by atoms with van der Waals surface area (Å²) in [6.07, 6.45) is 15.2. The fourth-order valence-corrected chi connectivity index (χ4v) is 6.73. The minimum Gasteiger partial charge on any atom is -0.393 e. The average Bonchev–Trinajstić information content (AvgIpc) is 3.00. The molecule has 0 aliphatic heterocycles. The molecule has 3 aliphatic carbocycles. The molecule has 0 unspecified atom stereocenters. The van der Waals surface area contributed by atoms with Crippen LogP contribution in [-0.4, -0.2) is 22.4 Å². The van der Waals surface area contributed by atoms with Gasteiger partial charge in [-0.25, -0.2) is 0 Å². The second-order valence-electron chi connectivity index (χ2n) is 11.0. The monoisotopic (exact) mass is 400 g/mol. The van der Waals surface area contributed by atoms with Gasteiger partial charge in [-0.2, -0.15) is 0 Å². The van der Waals surface area contributed by atoms with Gasteiger partial charge in [-0.1, -0.05) is 71.3 Å². The third kappa shape index (κ3) is 5.07. The fourth-order valence-electron chi connectivity index (χ4n) is 6.73. The molecule has 0 bridgehead atoms. The van der Waals surface area contributed by atoms with Crippen LogP contribution in [0.15, 0.2) is 35.5 Å². The van der Waals surface area contributed by atoms with Crippen LogP contribution in [0, 0.1) is 29.1 Å². The van der Waals surface area contributed by atoms with Crippen LogP contribution in [-0.2, 0) is 0 Å². The van der Waals surface area contributed by atoms with Crippen molar-refractivity contribution in [3.05, 3.63) is 35.5 Å². The molecule has 6 atom stereocenters. The van der Waals surface area contributed by atoms with Crippen molar-refractivity contribution in [1.29, 1.82) is 0 Å². The van der Waals surface area contributed by atoms with Crippen molar-refractivity contribution in [2.24, 2.45) is 29.1 Å². The Labute approximate surface area is 179 Å². The van der Waals surface area contributed by atoms with Gasteiger partial charge in [-0.15, -0.1) is 0 Å². The van der Waals surface area contributed by atoms with Crippen LogP contribution in [0.5, 0.6) is 0 Å². The fraction of sp³-hybridized carbons (Fsp3) is 0.778. The summed E-state index contributed by atoms with van der Waals surface area (Å²) >= 11 is 0. The lowest BCUT2D eigenvalue weighted by Crippen LogP contribution is -2.36. The molecule has 3 fully saturated rings. The molecule has 0 spiro atoms. The summed E-state index contributed by atoms with van der Waals surface area (Å²) in [5.74, 6) is 3.20. The van der Waals surface area contributed by atoms with Crippen molar-refractivity contribution < 1.29 is 10.2 Å². The van der Waals surface area contributed by atoms with E-state index in [1.165, 1.54) is 51.4 Å². The van der Waals surface area contributed by atoms with Crippen molar-refractivity contribution in [3.63, 3.8) is 0 Å². The Morgan fingerprint density at radius 3 is 2.62 bits per heavy atom. The number of hydrogen-bond donors (Lipinski definition) is 2. The Kier molecular flexibility index (Phi) is 7.49. The first-order valence-electron chi connectivity index (χ1n) is 12.2. The lowest BCUT2D eigenvalue weighted by atomic mass is 9.60. The minimum atomic E-state index is -0.595. The largest absolute Gasteiger partial charge is 0.393 e. The SMILES string of the molecule is C=C1/C(=C\C=C2CCC[C@]3(C)[C@@H]2CC[C@@H]3[C@H](C)CCCC(C)C)C[C@H](O)C[C@H]1O. The molecule has 2 nitrogen and oxygen atoms in total. The van der Waals surface area contributed by atoms with Crippen molar-refractivity contribution in [3.8, 4) is 0 Å². The van der Waals surface area contributed by atoms with Gasteiger partial charge in [0.05, 0.1) is 12.2 Å². The summed E-state index contributed by atoms with van der Waals surface area (Å²) in [5, 5.41) is 20.2. The molecular weight excluding hydrogens is 356 g/mol. The lowest BCUT2D eigenvalue weighted by Gasteiger charge is -2.44. The van der Waals surface area contributed by atoms with Crippen molar-refractivity contribution in [2.75, 3.05) is 0 Å². The number of fused-ring (bicyclic) bond motifs is 1. The van der Waals surface area contributed by atoms with Gasteiger partial charge in [0.15, 0.2) is 0 Å². The van der Waals surface area contributed by atoms with E-state index < -0.39 is 12.2 Å². The molecule has 3 aliphatic rings. The zero-order valence-electron chi connectivity index (χ0n) is 19.3. The maximum Gasteiger partial charge on any atom is 0.0811 e. The highest BCUT2D eigenvalue weighted by Gasteiger charge is 2.50. The zero-order chi connectivity index (χ0) is 21.2. The van der Waals surface area contributed by atoms with Crippen LogP contribution < -0.4 is 0 Å². The number of allylic oxidation sites excluding steroid dienone is 3. The molecule has 2 heteroatoms. The molecule has 0 radical (unpaired) electrons. The van der Waals surface area contributed by atoms with Gasteiger partial charge in [0.1, 0.15) is 0 Å². The predicted octanol–water partition coefficient (Wildman–Crippen LogP) is 6.59. The van der Waals surface area contributed by atoms with Gasteiger partial charge >= 0.3 is 0 Å². The molecule has 29 heavy (non-hydrogen) atoms. The van der Waals surface area contributed by atoms with Crippen LogP contribution in [0.2, 0.25) is 0 Å². The van der Waals surface area contributed by atoms with E-state index in [-0.39, 0.29) is 0 Å². The zero-order valence-corrected chi connectivity index (χ0v) is 19.3. The van der Waals surface area contributed by atoms with Gasteiger partial charge in [-0.05, 0) is 78.8 Å². The van der Waals surface area contributed by atoms with E-state index in [0.29, 0.717) is 24.2 Å². The van der Waals surface area contributed by atoms with E-state index in [2.05, 4.69) is 46.4 Å². The summed E-state index contributed by atoms with van der Waals surface area (Å²) in [7, 11) is 0. The predicted molar refractivity (Wildman–Crippen MR) is 123 cm³/mol. The van der Waals surface area contributed by atoms with Crippen LogP contribution in [0.1, 0.15) is 91.9 Å². The molecule has 3 saturated carbocycles. The molecule has 0 saturated heterocycles. The van der Waals surface area contributed by atoms with Gasteiger partial charge in [0.2, 0.25) is 0 Å². The molecule has 0 heterocycles. The van der Waals surface area contributed by atoms with E-state index >= 15 is 0 Å². The second-order valence-corrected chi connectivity index (χ2v) is 11.0. The topological polar surface area (TPSA) is 40.5 Å². The van der Waals surface area contributed by atoms with Gasteiger partial charge in [0, 0.05) is 6.42 Å². The smallest absolute Gasteiger partial charge is 0.0811 e. The summed E-state index contributed by atoms with van der Waals surface area (Å²) in [6.45, 7) is 13.8. The van der Waals surface area contributed by atoms with Gasteiger partial charge in [-0.3, -0.25) is 0 Å². The Hall–Kier alpha value is -0.860. The number of rotatable bonds is 6. The van der Waals surface area contributed by atoms with Crippen molar-refractivity contribution in [1.82, 2.24) is 0 Å². The van der Waals surface area contributed by atoms with Crippen LogP contribution in [0.25, 0.3) is 0 Å². The molecule has 0 aromatic heterocycles. The third-order valence-electron chi connectivity index (χ3n) is 8.43. The standard InChI is InChI=1S/C27H44O2/c1-18(2)8-6-9-19(3)24-13-14-25-21(10-7-15-27(24,25)5)11-12-22-16-23(28)17-26(29)20(22)4/h11-12,18-19,23-26,28-29H,4,6-10,13-17H2,1-3,5H3/b21-11?,22-12-/t19-,23+,24-,25-,26-,27+/m1/s1. The molecule has 0 aromatic rings. The number of hydrogen-bond acceptors (Lipinski definition) is 2. The molecule has 164 valence electrons. The van der Waals surface area contributed by atoms with E-state index in [4.69, 9.17) is 0 Å². The third-order valence-corrected chi connectivity index (χ3v) is 8.43. The minimum absolute atomic E-state index is 0.420. The van der Waals surface area contributed by atoms with Gasteiger partial charge in [0.25, 0.3) is 0 Å². The first kappa shape index (κ1) is 22.8. The number of aliphatic hydroxyl groups excluding tert-OH is 2. The van der Waals surface area contributed by atoms with Crippen LogP contribution in [0.3, 0.4) is 0 Å². The lowest BCUT2D eigenvalue weighted by molar-refractivity contribution is 0.0861. The molecule has 3 rings (SSSR count). The Bertz CT molecular complexity index is 643. The molecule has 0 amide bonds. The van der Waals surface area contributed by atoms with Crippen LogP contribution in [0.4, 0.5) is 0 Å². The second kappa shape index (κ2) is 9.52. The Balaban J connectivity index is 1.71. The highest BCUT2D eigenvalue weighted by molar-refractivity contribution is 5.38. The first-order chi connectivity index (χ1) is 13.7. The summed E-state index contributed by atoms with van der Waals surface area (Å²) < 4.78 is 0. The quantitative estimate of drug-likeness (QED) is 0.528. The normalized spacial score (nSPS) is 39.3. The van der Waals surface area contributed by atoms with Crippen molar-refractivity contribution >= 4 is 0 Å². The highest BCUT2D eigenvalue weighted by atomic mass is 16.3. The maximum atomic E-state index is 10.1. The van der Waals surface area contributed by atoms with E-state index in [0.717, 1.165) is 28.9 Å². The molecule has 0 aromatic carbocycles. The number of aliphatic hydroxyl groups is 2. The summed E-state index contributed by atoms with van der Waals surface area (Å²) in [5.41, 5.74) is 3.88. The van der Waals surface area contributed by atoms with E-state index in [1.54, 1.807) is 5.57 Å². The maximum absolute atomic E-state index is 10.1. The van der Waals surface area contributed by atoms with Gasteiger partial charge < -0.3 is 10.2 Å². The Morgan fingerprint density at radius 1 is 1.14 bits per heavy atom. The van der Waals surface area contributed by atoms with Crippen LogP contribution >= 0.6 is 0 Å².